The Balaban J connectivity index is 2.41. The molecule has 0 aliphatic carbocycles. The van der Waals surface area contributed by atoms with Crippen molar-refractivity contribution in [1.29, 1.82) is 5.26 Å². The summed E-state index contributed by atoms with van der Waals surface area (Å²) < 4.78 is 5.59. The van der Waals surface area contributed by atoms with Crippen molar-refractivity contribution in [3.8, 4) is 6.07 Å². The Morgan fingerprint density at radius 3 is 2.90 bits per heavy atom. The molecule has 6 heteroatoms. The van der Waals surface area contributed by atoms with Gasteiger partial charge >= 0.3 is 5.97 Å². The van der Waals surface area contributed by atoms with E-state index in [-0.39, 0.29) is 12.3 Å². The lowest BCUT2D eigenvalue weighted by Gasteiger charge is -2.31. The number of nitrogens with zero attached hydrogens (tertiary/aromatic N) is 2. The summed E-state index contributed by atoms with van der Waals surface area (Å²) >= 11 is 3.44. The lowest BCUT2D eigenvalue weighted by atomic mass is 10.0. The summed E-state index contributed by atoms with van der Waals surface area (Å²) in [5.41, 5.74) is 0.822. The van der Waals surface area contributed by atoms with Crippen LogP contribution in [0.4, 0.5) is 0 Å². The van der Waals surface area contributed by atoms with E-state index in [1.165, 1.54) is 12.0 Å². The lowest BCUT2D eigenvalue weighted by molar-refractivity contribution is -0.150. The van der Waals surface area contributed by atoms with Gasteiger partial charge in [-0.1, -0.05) is 34.1 Å². The summed E-state index contributed by atoms with van der Waals surface area (Å²) in [5, 5.41) is 9.10. The van der Waals surface area contributed by atoms with Gasteiger partial charge in [0, 0.05) is 10.9 Å². The number of esters is 1. The van der Waals surface area contributed by atoms with Crippen molar-refractivity contribution in [2.45, 2.75) is 31.3 Å². The number of methoxy groups -OCH3 is 1. The van der Waals surface area contributed by atoms with Crippen LogP contribution in [0.3, 0.4) is 0 Å². The zero-order valence-corrected chi connectivity index (χ0v) is 13.2. The first kappa shape index (κ1) is 15.5. The smallest absolute Gasteiger partial charge is 0.328 e. The first-order chi connectivity index (χ1) is 10.1. The average molecular weight is 351 g/mol. The van der Waals surface area contributed by atoms with Crippen LogP contribution in [-0.4, -0.2) is 29.9 Å². The maximum atomic E-state index is 12.2. The number of amides is 1. The number of ether oxygens (including phenoxy) is 1. The molecule has 5 nitrogen and oxygen atoms in total. The van der Waals surface area contributed by atoms with Crippen LogP contribution in [0.2, 0.25) is 0 Å². The molecule has 0 bridgehead atoms. The van der Waals surface area contributed by atoms with Gasteiger partial charge in [0.1, 0.15) is 6.04 Å². The van der Waals surface area contributed by atoms with Gasteiger partial charge in [0.15, 0.2) is 0 Å². The van der Waals surface area contributed by atoms with Crippen LogP contribution >= 0.6 is 15.9 Å². The first-order valence-corrected chi connectivity index (χ1v) is 7.39. The van der Waals surface area contributed by atoms with Gasteiger partial charge in [-0.15, -0.1) is 0 Å². The van der Waals surface area contributed by atoms with Crippen LogP contribution in [0.1, 0.15) is 30.9 Å². The molecule has 1 saturated heterocycles. The third-order valence-electron chi connectivity index (χ3n) is 3.61. The molecule has 1 heterocycles. The number of likely N-dealkylation sites (tertiary alicyclic amines) is 1. The van der Waals surface area contributed by atoms with Crippen LogP contribution < -0.4 is 0 Å². The van der Waals surface area contributed by atoms with E-state index in [2.05, 4.69) is 22.0 Å². The third kappa shape index (κ3) is 3.08. The normalized spacial score (nSPS) is 19.2. The van der Waals surface area contributed by atoms with Crippen molar-refractivity contribution in [3.05, 3.63) is 34.3 Å². The first-order valence-electron chi connectivity index (χ1n) is 6.60. The van der Waals surface area contributed by atoms with Crippen LogP contribution in [0.25, 0.3) is 0 Å². The van der Waals surface area contributed by atoms with Gasteiger partial charge in [-0.25, -0.2) is 4.79 Å². The van der Waals surface area contributed by atoms with Gasteiger partial charge < -0.3 is 9.64 Å². The summed E-state index contributed by atoms with van der Waals surface area (Å²) in [6.07, 6.45) is 0.853. The summed E-state index contributed by atoms with van der Waals surface area (Å²) in [5.74, 6) is -0.558. The molecule has 1 amide bonds. The number of rotatable bonds is 4. The predicted octanol–water partition coefficient (Wildman–Crippen LogP) is 2.57. The SMILES string of the molecule is COC(=O)C1CCC(=O)N1C(CC#N)c1ccccc1Br. The Morgan fingerprint density at radius 1 is 1.57 bits per heavy atom. The minimum atomic E-state index is -0.618. The van der Waals surface area contributed by atoms with E-state index in [1.54, 1.807) is 0 Å². The zero-order chi connectivity index (χ0) is 15.4. The van der Waals surface area contributed by atoms with E-state index in [0.717, 1.165) is 10.0 Å². The van der Waals surface area contributed by atoms with Gasteiger partial charge in [-0.3, -0.25) is 4.79 Å². The molecule has 110 valence electrons. The van der Waals surface area contributed by atoms with Gasteiger partial charge in [-0.2, -0.15) is 5.26 Å². The zero-order valence-electron chi connectivity index (χ0n) is 11.6. The second-order valence-corrected chi connectivity index (χ2v) is 5.63. The highest BCUT2D eigenvalue weighted by Gasteiger charge is 2.41. The molecule has 0 N–H and O–H groups in total. The number of hydrogen-bond acceptors (Lipinski definition) is 4. The molecule has 0 spiro atoms. The highest BCUT2D eigenvalue weighted by molar-refractivity contribution is 9.10. The van der Waals surface area contributed by atoms with Crippen LogP contribution in [0, 0.1) is 11.3 Å². The second-order valence-electron chi connectivity index (χ2n) is 4.78. The summed E-state index contributed by atoms with van der Waals surface area (Å²) in [7, 11) is 1.31. The molecule has 1 fully saturated rings. The minimum Gasteiger partial charge on any atom is -0.467 e. The van der Waals surface area contributed by atoms with E-state index in [9.17, 15) is 9.59 Å². The van der Waals surface area contributed by atoms with E-state index < -0.39 is 18.1 Å². The molecule has 21 heavy (non-hydrogen) atoms. The van der Waals surface area contributed by atoms with Gasteiger partial charge in [-0.05, 0) is 18.1 Å². The number of halogens is 1. The van der Waals surface area contributed by atoms with Crippen molar-refractivity contribution in [2.75, 3.05) is 7.11 Å². The largest absolute Gasteiger partial charge is 0.467 e. The molecule has 1 aromatic carbocycles. The van der Waals surface area contributed by atoms with Crippen LogP contribution in [-0.2, 0) is 14.3 Å². The van der Waals surface area contributed by atoms with E-state index in [4.69, 9.17) is 10.00 Å². The molecule has 2 rings (SSSR count). The maximum absolute atomic E-state index is 12.2. The highest BCUT2D eigenvalue weighted by atomic mass is 79.9. The Morgan fingerprint density at radius 2 is 2.29 bits per heavy atom. The second kappa shape index (κ2) is 6.72. The fourth-order valence-electron chi connectivity index (χ4n) is 2.65. The molecule has 0 radical (unpaired) electrons. The number of hydrogen-bond donors (Lipinski definition) is 0. The fourth-order valence-corrected chi connectivity index (χ4v) is 3.20. The lowest BCUT2D eigenvalue weighted by Crippen LogP contribution is -2.41. The van der Waals surface area contributed by atoms with Crippen molar-refractivity contribution >= 4 is 27.8 Å². The summed E-state index contributed by atoms with van der Waals surface area (Å²) in [4.78, 5) is 25.6. The van der Waals surface area contributed by atoms with E-state index >= 15 is 0 Å². The molecular formula is C15H15BrN2O3. The summed E-state index contributed by atoms with van der Waals surface area (Å²) in [6, 6.07) is 8.44. The Hall–Kier alpha value is -1.87. The monoisotopic (exact) mass is 350 g/mol. The average Bonchev–Trinajstić information content (AvgIpc) is 2.86. The van der Waals surface area contributed by atoms with Crippen molar-refractivity contribution in [1.82, 2.24) is 4.90 Å². The number of carbonyl (C=O) groups excluding carboxylic acids is 2. The maximum Gasteiger partial charge on any atom is 0.328 e. The Labute approximate surface area is 131 Å². The van der Waals surface area contributed by atoms with Gasteiger partial charge in [0.25, 0.3) is 0 Å². The predicted molar refractivity (Wildman–Crippen MR) is 79.0 cm³/mol. The quantitative estimate of drug-likeness (QED) is 0.782. The van der Waals surface area contributed by atoms with Crippen molar-refractivity contribution < 1.29 is 14.3 Å². The van der Waals surface area contributed by atoms with E-state index in [1.807, 2.05) is 24.3 Å². The molecule has 1 aliphatic heterocycles. The molecular weight excluding hydrogens is 336 g/mol. The Kier molecular flexibility index (Phi) is 4.97. The Bertz CT molecular complexity index is 597. The van der Waals surface area contributed by atoms with Crippen LogP contribution in [0.15, 0.2) is 28.7 Å². The van der Waals surface area contributed by atoms with Crippen LogP contribution in [0.5, 0.6) is 0 Å². The third-order valence-corrected chi connectivity index (χ3v) is 4.34. The molecule has 0 saturated carbocycles. The molecule has 0 aromatic heterocycles. The molecule has 1 aromatic rings. The topological polar surface area (TPSA) is 70.4 Å². The van der Waals surface area contributed by atoms with E-state index in [0.29, 0.717) is 12.8 Å². The number of benzene rings is 1. The number of carbonyl (C=O) groups is 2. The van der Waals surface area contributed by atoms with Crippen molar-refractivity contribution in [3.63, 3.8) is 0 Å². The minimum absolute atomic E-state index is 0.124. The molecule has 1 aliphatic rings. The summed E-state index contributed by atoms with van der Waals surface area (Å²) in [6.45, 7) is 0. The standard InChI is InChI=1S/C15H15BrN2O3/c1-21-15(20)13-6-7-14(19)18(13)12(8-9-17)10-4-2-3-5-11(10)16/h2-5,12-13H,6-8H2,1H3. The van der Waals surface area contributed by atoms with Crippen molar-refractivity contribution in [2.24, 2.45) is 0 Å². The van der Waals surface area contributed by atoms with Gasteiger partial charge in [0.05, 0.1) is 25.6 Å². The fraction of sp³-hybridized carbons (Fsp3) is 0.400. The number of nitriles is 1. The highest BCUT2D eigenvalue weighted by Crippen LogP contribution is 2.36. The van der Waals surface area contributed by atoms with Gasteiger partial charge in [0.2, 0.25) is 5.91 Å². The molecule has 2 unspecified atom stereocenters. The molecule has 2 atom stereocenters.